The van der Waals surface area contributed by atoms with E-state index in [4.69, 9.17) is 5.73 Å². The normalized spacial score (nSPS) is 10.7. The number of carbonyl (C=O) groups is 1. The molecule has 3 rings (SSSR count). The second-order valence-corrected chi connectivity index (χ2v) is 4.96. The Balaban J connectivity index is 2.05. The van der Waals surface area contributed by atoms with Gasteiger partial charge in [0.05, 0.1) is 17.3 Å². The van der Waals surface area contributed by atoms with E-state index in [-0.39, 0.29) is 11.4 Å². The quantitative estimate of drug-likeness (QED) is 0.726. The molecule has 0 aliphatic rings. The van der Waals surface area contributed by atoms with Crippen molar-refractivity contribution in [3.05, 3.63) is 35.5 Å². The van der Waals surface area contributed by atoms with Gasteiger partial charge in [-0.25, -0.2) is 14.8 Å². The first kappa shape index (κ1) is 12.5. The fourth-order valence-electron chi connectivity index (χ4n) is 1.77. The number of carbonyl (C=O) groups excluding carboxylic acids is 1. The summed E-state index contributed by atoms with van der Waals surface area (Å²) in [6.45, 7) is 0. The molecule has 100 valence electrons. The van der Waals surface area contributed by atoms with Crippen molar-refractivity contribution >= 4 is 33.3 Å². The molecule has 0 aliphatic heterocycles. The topological polar surface area (TPSA) is 91.0 Å². The van der Waals surface area contributed by atoms with E-state index in [1.165, 1.54) is 13.3 Å². The lowest BCUT2D eigenvalue weighted by Crippen LogP contribution is -2.09. The van der Waals surface area contributed by atoms with Crippen molar-refractivity contribution in [2.45, 2.75) is 0 Å². The zero-order chi connectivity index (χ0) is 14.1. The molecule has 0 aromatic carbocycles. The van der Waals surface area contributed by atoms with Crippen LogP contribution >= 0.6 is 11.3 Å². The fourth-order valence-corrected chi connectivity index (χ4v) is 2.55. The van der Waals surface area contributed by atoms with Gasteiger partial charge in [0.15, 0.2) is 5.82 Å². The molecular formula is C13H10N4O2S. The number of fused-ring (bicyclic) bond motifs is 1. The molecule has 20 heavy (non-hydrogen) atoms. The number of rotatable bonds is 2. The summed E-state index contributed by atoms with van der Waals surface area (Å²) in [6, 6.07) is 3.89. The van der Waals surface area contributed by atoms with Gasteiger partial charge in [0.25, 0.3) is 0 Å². The van der Waals surface area contributed by atoms with E-state index < -0.39 is 5.97 Å². The van der Waals surface area contributed by atoms with E-state index >= 15 is 0 Å². The average Bonchev–Trinajstić information content (AvgIpc) is 2.93. The molecule has 0 bridgehead atoms. The fraction of sp³-hybridized carbons (Fsp3) is 0.0769. The third kappa shape index (κ3) is 2.08. The summed E-state index contributed by atoms with van der Waals surface area (Å²) in [5.41, 5.74) is 7.59. The van der Waals surface area contributed by atoms with Gasteiger partial charge in [-0.1, -0.05) is 0 Å². The summed E-state index contributed by atoms with van der Waals surface area (Å²) in [5, 5.41) is 1.97. The molecule has 0 atom stereocenters. The first-order valence-corrected chi connectivity index (χ1v) is 6.61. The van der Waals surface area contributed by atoms with Gasteiger partial charge < -0.3 is 10.5 Å². The highest BCUT2D eigenvalue weighted by Gasteiger charge is 2.14. The van der Waals surface area contributed by atoms with E-state index in [9.17, 15) is 4.79 Å². The predicted molar refractivity (Wildman–Crippen MR) is 76.4 cm³/mol. The van der Waals surface area contributed by atoms with Crippen molar-refractivity contribution in [3.8, 4) is 11.4 Å². The summed E-state index contributed by atoms with van der Waals surface area (Å²) in [7, 11) is 1.28. The molecule has 3 aromatic rings. The number of nitrogen functional groups attached to an aromatic ring is 1. The van der Waals surface area contributed by atoms with Gasteiger partial charge in [-0.3, -0.25) is 4.98 Å². The van der Waals surface area contributed by atoms with Gasteiger partial charge in [-0.05, 0) is 17.5 Å². The molecule has 0 fully saturated rings. The standard InChI is InChI=1S/C13H10N4O2S/c1-19-13(18)8-6-16-12(17-11(8)14)7-4-10-9(15-5-7)2-3-20-10/h2-6H,1H3,(H2,14,16,17). The summed E-state index contributed by atoms with van der Waals surface area (Å²) < 4.78 is 5.64. The Bertz CT molecular complexity index is 800. The number of aromatic nitrogens is 3. The van der Waals surface area contributed by atoms with Crippen molar-refractivity contribution in [1.82, 2.24) is 15.0 Å². The Morgan fingerprint density at radius 2 is 2.20 bits per heavy atom. The van der Waals surface area contributed by atoms with Crippen molar-refractivity contribution in [2.75, 3.05) is 12.8 Å². The van der Waals surface area contributed by atoms with Gasteiger partial charge in [0.2, 0.25) is 0 Å². The number of pyridine rings is 1. The average molecular weight is 286 g/mol. The summed E-state index contributed by atoms with van der Waals surface area (Å²) in [6.07, 6.45) is 3.05. The van der Waals surface area contributed by atoms with Crippen molar-refractivity contribution < 1.29 is 9.53 Å². The van der Waals surface area contributed by atoms with Gasteiger partial charge in [0.1, 0.15) is 11.4 Å². The van der Waals surface area contributed by atoms with Crippen LogP contribution in [0.25, 0.3) is 21.6 Å². The Hall–Kier alpha value is -2.54. The number of esters is 1. The third-order valence-electron chi connectivity index (χ3n) is 2.78. The molecular weight excluding hydrogens is 276 g/mol. The Kier molecular flexibility index (Phi) is 3.03. The van der Waals surface area contributed by atoms with Crippen LogP contribution in [0.3, 0.4) is 0 Å². The maximum absolute atomic E-state index is 11.4. The first-order chi connectivity index (χ1) is 9.69. The van der Waals surface area contributed by atoms with Crippen LogP contribution < -0.4 is 5.73 Å². The number of methoxy groups -OCH3 is 1. The number of nitrogens with two attached hydrogens (primary N) is 1. The minimum atomic E-state index is -0.555. The highest BCUT2D eigenvalue weighted by Crippen LogP contribution is 2.24. The van der Waals surface area contributed by atoms with E-state index in [1.54, 1.807) is 17.5 Å². The van der Waals surface area contributed by atoms with E-state index in [1.807, 2.05) is 17.5 Å². The van der Waals surface area contributed by atoms with Crippen LogP contribution in [0.1, 0.15) is 10.4 Å². The van der Waals surface area contributed by atoms with Gasteiger partial charge in [-0.15, -0.1) is 11.3 Å². The van der Waals surface area contributed by atoms with Crippen LogP contribution in [-0.2, 0) is 4.74 Å². The summed E-state index contributed by atoms with van der Waals surface area (Å²) >= 11 is 1.59. The molecule has 0 spiro atoms. The molecule has 0 saturated carbocycles. The predicted octanol–water partition coefficient (Wildman–Crippen LogP) is 2.12. The molecule has 0 amide bonds. The number of ether oxygens (including phenoxy) is 1. The number of anilines is 1. The zero-order valence-electron chi connectivity index (χ0n) is 10.5. The second kappa shape index (κ2) is 4.86. The highest BCUT2D eigenvalue weighted by atomic mass is 32.1. The third-order valence-corrected chi connectivity index (χ3v) is 3.64. The van der Waals surface area contributed by atoms with Gasteiger partial charge in [0, 0.05) is 18.0 Å². The Labute approximate surface area is 118 Å². The van der Waals surface area contributed by atoms with E-state index in [2.05, 4.69) is 19.7 Å². The zero-order valence-corrected chi connectivity index (χ0v) is 11.3. The SMILES string of the molecule is COC(=O)c1cnc(-c2cnc3ccsc3c2)nc1N. The molecule has 6 nitrogen and oxygen atoms in total. The molecule has 2 N–H and O–H groups in total. The Morgan fingerprint density at radius 1 is 1.35 bits per heavy atom. The first-order valence-electron chi connectivity index (χ1n) is 5.73. The molecule has 7 heteroatoms. The van der Waals surface area contributed by atoms with Gasteiger partial charge >= 0.3 is 5.97 Å². The minimum Gasteiger partial charge on any atom is -0.465 e. The van der Waals surface area contributed by atoms with Crippen molar-refractivity contribution in [3.63, 3.8) is 0 Å². The monoisotopic (exact) mass is 286 g/mol. The summed E-state index contributed by atoms with van der Waals surface area (Å²) in [5.74, 6) is -0.0352. The number of nitrogens with zero attached hydrogens (tertiary/aromatic N) is 3. The maximum Gasteiger partial charge on any atom is 0.343 e. The lowest BCUT2D eigenvalue weighted by atomic mass is 10.2. The number of hydrogen-bond donors (Lipinski definition) is 1. The number of hydrogen-bond acceptors (Lipinski definition) is 7. The van der Waals surface area contributed by atoms with Crippen LogP contribution in [0.15, 0.2) is 29.9 Å². The van der Waals surface area contributed by atoms with E-state index in [0.29, 0.717) is 5.82 Å². The smallest absolute Gasteiger partial charge is 0.343 e. The molecule has 3 aromatic heterocycles. The molecule has 0 unspecified atom stereocenters. The minimum absolute atomic E-state index is 0.0909. The molecule has 0 saturated heterocycles. The second-order valence-electron chi connectivity index (χ2n) is 4.01. The number of thiophene rings is 1. The van der Waals surface area contributed by atoms with Crippen molar-refractivity contribution in [1.29, 1.82) is 0 Å². The van der Waals surface area contributed by atoms with Crippen LogP contribution in [0.2, 0.25) is 0 Å². The van der Waals surface area contributed by atoms with Crippen LogP contribution in [0.4, 0.5) is 5.82 Å². The van der Waals surface area contributed by atoms with Gasteiger partial charge in [-0.2, -0.15) is 0 Å². The largest absolute Gasteiger partial charge is 0.465 e. The summed E-state index contributed by atoms with van der Waals surface area (Å²) in [4.78, 5) is 24.0. The Morgan fingerprint density at radius 3 is 2.95 bits per heavy atom. The van der Waals surface area contributed by atoms with Crippen LogP contribution in [0.5, 0.6) is 0 Å². The van der Waals surface area contributed by atoms with Crippen LogP contribution in [-0.4, -0.2) is 28.0 Å². The lowest BCUT2D eigenvalue weighted by molar-refractivity contribution is 0.0601. The molecule has 3 heterocycles. The lowest BCUT2D eigenvalue weighted by Gasteiger charge is -2.05. The van der Waals surface area contributed by atoms with Crippen LogP contribution in [0, 0.1) is 0 Å². The molecule has 0 radical (unpaired) electrons. The van der Waals surface area contributed by atoms with E-state index in [0.717, 1.165) is 15.8 Å². The highest BCUT2D eigenvalue weighted by molar-refractivity contribution is 7.17. The maximum atomic E-state index is 11.4. The van der Waals surface area contributed by atoms with Crippen molar-refractivity contribution in [2.24, 2.45) is 0 Å². The molecule has 0 aliphatic carbocycles.